The molecule has 0 bridgehead atoms. The van der Waals surface area contributed by atoms with Crippen LogP contribution in [0, 0.1) is 5.92 Å². The standard InChI is InChI=1S/C16H27NO2/c1-6-18-14-11-9-8-10-13(14)15(17-5)16(12(3)4)19-7-2/h8-12,15-17H,6-7H2,1-5H3. The Morgan fingerprint density at radius 3 is 2.32 bits per heavy atom. The zero-order chi connectivity index (χ0) is 14.3. The van der Waals surface area contributed by atoms with E-state index < -0.39 is 0 Å². The van der Waals surface area contributed by atoms with E-state index in [0.717, 1.165) is 12.4 Å². The minimum atomic E-state index is 0.136. The van der Waals surface area contributed by atoms with E-state index in [0.29, 0.717) is 12.5 Å². The lowest BCUT2D eigenvalue weighted by Gasteiger charge is -2.31. The van der Waals surface area contributed by atoms with E-state index in [-0.39, 0.29) is 12.1 Å². The molecule has 0 heterocycles. The molecule has 0 aliphatic heterocycles. The molecule has 3 heteroatoms. The van der Waals surface area contributed by atoms with E-state index in [1.54, 1.807) is 0 Å². The number of ether oxygens (including phenoxy) is 2. The zero-order valence-corrected chi connectivity index (χ0v) is 12.8. The summed E-state index contributed by atoms with van der Waals surface area (Å²) in [6, 6.07) is 8.33. The van der Waals surface area contributed by atoms with Gasteiger partial charge in [-0.2, -0.15) is 0 Å². The minimum Gasteiger partial charge on any atom is -0.494 e. The van der Waals surface area contributed by atoms with Gasteiger partial charge in [0.25, 0.3) is 0 Å². The van der Waals surface area contributed by atoms with Gasteiger partial charge in [-0.1, -0.05) is 32.0 Å². The summed E-state index contributed by atoms with van der Waals surface area (Å²) in [7, 11) is 1.97. The van der Waals surface area contributed by atoms with Crippen molar-refractivity contribution in [2.75, 3.05) is 20.3 Å². The maximum atomic E-state index is 5.93. The Morgan fingerprint density at radius 2 is 1.79 bits per heavy atom. The SMILES string of the molecule is CCOc1ccccc1C(NC)C(OCC)C(C)C. The van der Waals surface area contributed by atoms with Gasteiger partial charge in [-0.25, -0.2) is 0 Å². The van der Waals surface area contributed by atoms with Gasteiger partial charge in [-0.15, -0.1) is 0 Å². The van der Waals surface area contributed by atoms with Gasteiger partial charge in [-0.3, -0.25) is 0 Å². The molecule has 1 N–H and O–H groups in total. The van der Waals surface area contributed by atoms with Gasteiger partial charge in [0, 0.05) is 12.2 Å². The van der Waals surface area contributed by atoms with Crippen molar-refractivity contribution in [1.29, 1.82) is 0 Å². The Morgan fingerprint density at radius 1 is 1.11 bits per heavy atom. The Hall–Kier alpha value is -1.06. The Labute approximate surface area is 117 Å². The molecule has 0 aliphatic carbocycles. The van der Waals surface area contributed by atoms with Crippen molar-refractivity contribution < 1.29 is 9.47 Å². The summed E-state index contributed by atoms with van der Waals surface area (Å²) in [5, 5.41) is 3.38. The molecule has 2 unspecified atom stereocenters. The van der Waals surface area contributed by atoms with E-state index >= 15 is 0 Å². The molecule has 1 rings (SSSR count). The molecule has 2 atom stereocenters. The highest BCUT2D eigenvalue weighted by Crippen LogP contribution is 2.31. The zero-order valence-electron chi connectivity index (χ0n) is 12.8. The average molecular weight is 265 g/mol. The van der Waals surface area contributed by atoms with Crippen LogP contribution in [0.1, 0.15) is 39.3 Å². The number of hydrogen-bond donors (Lipinski definition) is 1. The molecule has 0 radical (unpaired) electrons. The molecular weight excluding hydrogens is 238 g/mol. The van der Waals surface area contributed by atoms with E-state index in [1.807, 2.05) is 39.1 Å². The van der Waals surface area contributed by atoms with E-state index in [2.05, 4.69) is 25.2 Å². The van der Waals surface area contributed by atoms with Crippen molar-refractivity contribution >= 4 is 0 Å². The molecule has 3 nitrogen and oxygen atoms in total. The highest BCUT2D eigenvalue weighted by atomic mass is 16.5. The molecule has 0 spiro atoms. The van der Waals surface area contributed by atoms with Crippen LogP contribution < -0.4 is 10.1 Å². The van der Waals surface area contributed by atoms with Crippen LogP contribution in [0.25, 0.3) is 0 Å². The molecular formula is C16H27NO2. The summed E-state index contributed by atoms with van der Waals surface area (Å²) in [5.41, 5.74) is 1.17. The minimum absolute atomic E-state index is 0.136. The highest BCUT2D eigenvalue weighted by Gasteiger charge is 2.27. The second kappa shape index (κ2) is 8.18. The molecule has 0 saturated carbocycles. The summed E-state index contributed by atoms with van der Waals surface area (Å²) in [5.74, 6) is 1.38. The monoisotopic (exact) mass is 265 g/mol. The molecule has 0 aromatic heterocycles. The van der Waals surface area contributed by atoms with E-state index in [4.69, 9.17) is 9.47 Å². The third-order valence-electron chi connectivity index (χ3n) is 3.21. The Kier molecular flexibility index (Phi) is 6.89. The van der Waals surface area contributed by atoms with Crippen LogP contribution in [0.4, 0.5) is 0 Å². The van der Waals surface area contributed by atoms with Crippen molar-refractivity contribution in [3.05, 3.63) is 29.8 Å². The fourth-order valence-corrected chi connectivity index (χ4v) is 2.39. The number of hydrogen-bond acceptors (Lipinski definition) is 3. The molecule has 0 saturated heterocycles. The topological polar surface area (TPSA) is 30.5 Å². The molecule has 1 aromatic rings. The maximum Gasteiger partial charge on any atom is 0.124 e. The summed E-state index contributed by atoms with van der Waals surface area (Å²) in [6.07, 6.45) is 0.136. The summed E-state index contributed by atoms with van der Waals surface area (Å²) >= 11 is 0. The van der Waals surface area contributed by atoms with E-state index in [9.17, 15) is 0 Å². The fraction of sp³-hybridized carbons (Fsp3) is 0.625. The maximum absolute atomic E-state index is 5.93. The molecule has 108 valence electrons. The van der Waals surface area contributed by atoms with Gasteiger partial charge in [0.15, 0.2) is 0 Å². The second-order valence-corrected chi connectivity index (χ2v) is 4.90. The third kappa shape index (κ3) is 4.22. The van der Waals surface area contributed by atoms with Gasteiger partial charge in [0.2, 0.25) is 0 Å². The molecule has 0 aliphatic rings. The van der Waals surface area contributed by atoms with Gasteiger partial charge >= 0.3 is 0 Å². The second-order valence-electron chi connectivity index (χ2n) is 4.90. The van der Waals surface area contributed by atoms with Crippen LogP contribution in [0.3, 0.4) is 0 Å². The quantitative estimate of drug-likeness (QED) is 0.781. The first-order valence-electron chi connectivity index (χ1n) is 7.16. The van der Waals surface area contributed by atoms with Crippen molar-refractivity contribution in [3.8, 4) is 5.75 Å². The van der Waals surface area contributed by atoms with Crippen LogP contribution in [-0.2, 0) is 4.74 Å². The van der Waals surface area contributed by atoms with E-state index in [1.165, 1.54) is 5.56 Å². The lowest BCUT2D eigenvalue weighted by molar-refractivity contribution is 0.00400. The van der Waals surface area contributed by atoms with Crippen molar-refractivity contribution in [2.24, 2.45) is 5.92 Å². The first-order chi connectivity index (χ1) is 9.15. The average Bonchev–Trinajstić information content (AvgIpc) is 2.40. The lowest BCUT2D eigenvalue weighted by atomic mass is 9.93. The number of para-hydroxylation sites is 1. The third-order valence-corrected chi connectivity index (χ3v) is 3.21. The summed E-state index contributed by atoms with van der Waals surface area (Å²) in [6.45, 7) is 9.82. The molecule has 0 amide bonds. The lowest BCUT2D eigenvalue weighted by Crippen LogP contribution is -2.35. The van der Waals surface area contributed by atoms with Crippen molar-refractivity contribution in [3.63, 3.8) is 0 Å². The predicted molar refractivity (Wildman–Crippen MR) is 79.7 cm³/mol. The van der Waals surface area contributed by atoms with Crippen molar-refractivity contribution in [1.82, 2.24) is 5.32 Å². The van der Waals surface area contributed by atoms with Gasteiger partial charge in [0.1, 0.15) is 5.75 Å². The molecule has 1 aromatic carbocycles. The van der Waals surface area contributed by atoms with Crippen LogP contribution >= 0.6 is 0 Å². The number of rotatable bonds is 8. The van der Waals surface area contributed by atoms with Crippen LogP contribution in [0.15, 0.2) is 24.3 Å². The smallest absolute Gasteiger partial charge is 0.124 e. The van der Waals surface area contributed by atoms with Gasteiger partial charge in [-0.05, 0) is 32.9 Å². The number of nitrogens with one attached hydrogen (secondary N) is 1. The van der Waals surface area contributed by atoms with Crippen molar-refractivity contribution in [2.45, 2.75) is 39.8 Å². The first kappa shape index (κ1) is 16.0. The fourth-order valence-electron chi connectivity index (χ4n) is 2.39. The molecule has 19 heavy (non-hydrogen) atoms. The summed E-state index contributed by atoms with van der Waals surface area (Å²) in [4.78, 5) is 0. The largest absolute Gasteiger partial charge is 0.494 e. The first-order valence-corrected chi connectivity index (χ1v) is 7.16. The highest BCUT2D eigenvalue weighted by molar-refractivity contribution is 5.36. The number of likely N-dealkylation sites (N-methyl/N-ethyl adjacent to an activating group) is 1. The Bertz CT molecular complexity index is 366. The summed E-state index contributed by atoms with van der Waals surface area (Å²) < 4.78 is 11.7. The van der Waals surface area contributed by atoms with Crippen LogP contribution in [0.2, 0.25) is 0 Å². The van der Waals surface area contributed by atoms with Crippen LogP contribution in [0.5, 0.6) is 5.75 Å². The Balaban J connectivity index is 3.06. The van der Waals surface area contributed by atoms with Gasteiger partial charge in [0.05, 0.1) is 18.8 Å². The predicted octanol–water partition coefficient (Wildman–Crippen LogP) is 3.41. The van der Waals surface area contributed by atoms with Crippen LogP contribution in [-0.4, -0.2) is 26.4 Å². The molecule has 0 fully saturated rings. The normalized spacial score (nSPS) is 14.4. The van der Waals surface area contributed by atoms with Gasteiger partial charge < -0.3 is 14.8 Å². The number of benzene rings is 1.